The van der Waals surface area contributed by atoms with Crippen molar-refractivity contribution in [1.82, 2.24) is 35.0 Å². The number of benzene rings is 4. The monoisotopic (exact) mass is 806 g/mol. The molecule has 0 spiro atoms. The molecule has 2 aliphatic heterocycles. The molecular formula is C47H50N8O5. The Hall–Kier alpha value is -6.73. The normalized spacial score (nSPS) is 17.5. The third-order valence-electron chi connectivity index (χ3n) is 11.5. The Morgan fingerprint density at radius 2 is 1.45 bits per heavy atom. The Labute approximate surface area is 349 Å². The van der Waals surface area contributed by atoms with Crippen LogP contribution in [0.1, 0.15) is 67.7 Å². The summed E-state index contributed by atoms with van der Waals surface area (Å²) in [6.07, 6.45) is 4.09. The van der Waals surface area contributed by atoms with E-state index in [1.54, 1.807) is 36.1 Å². The average Bonchev–Trinajstić information content (AvgIpc) is 4.10. The number of likely N-dealkylation sites (N-methyl/N-ethyl adjacent to an activating group) is 1. The van der Waals surface area contributed by atoms with Crippen molar-refractivity contribution in [2.45, 2.75) is 56.8 Å². The molecule has 2 saturated heterocycles. The number of carbonyl (C=O) groups excluding carboxylic acids is 4. The van der Waals surface area contributed by atoms with Crippen molar-refractivity contribution in [2.75, 3.05) is 39.1 Å². The number of hydrogen-bond donors (Lipinski definition) is 4. The van der Waals surface area contributed by atoms with Crippen LogP contribution in [0, 0.1) is 0 Å². The van der Waals surface area contributed by atoms with Crippen molar-refractivity contribution >= 4 is 40.4 Å². The van der Waals surface area contributed by atoms with Gasteiger partial charge in [-0.15, -0.1) is 0 Å². The highest BCUT2D eigenvalue weighted by atomic mass is 16.5. The topological polar surface area (TPSA) is 156 Å². The lowest BCUT2D eigenvalue weighted by Gasteiger charge is -2.31. The molecule has 0 radical (unpaired) electrons. The number of nitrogens with one attached hydrogen (secondary N) is 4. The smallest absolute Gasteiger partial charge is 0.408 e. The molecule has 8 rings (SSSR count). The number of rotatable bonds is 12. The molecule has 13 heteroatoms. The Morgan fingerprint density at radius 3 is 2.15 bits per heavy atom. The fourth-order valence-corrected chi connectivity index (χ4v) is 8.53. The lowest BCUT2D eigenvalue weighted by molar-refractivity contribution is -0.138. The lowest BCUT2D eigenvalue weighted by atomic mass is 10.0. The first-order chi connectivity index (χ1) is 29.2. The summed E-state index contributed by atoms with van der Waals surface area (Å²) in [5.74, 6) is 0.226. The number of aromatic amines is 2. The number of imidazole rings is 1. The minimum absolute atomic E-state index is 0.0789. The van der Waals surface area contributed by atoms with Gasteiger partial charge in [0.15, 0.2) is 0 Å². The van der Waals surface area contributed by atoms with E-state index in [2.05, 4.69) is 44.9 Å². The Kier molecular flexibility index (Phi) is 11.8. The second kappa shape index (κ2) is 17.6. The summed E-state index contributed by atoms with van der Waals surface area (Å²) >= 11 is 0. The zero-order valence-corrected chi connectivity index (χ0v) is 34.1. The largest absolute Gasteiger partial charge is 0.450 e. The molecule has 4 aromatic carbocycles. The number of anilines is 1. The zero-order valence-electron chi connectivity index (χ0n) is 34.1. The maximum Gasteiger partial charge on any atom is 0.408 e. The standard InChI is InChI=1S/C47H50N8O5/c1-4-60-47(59)52-41(32-13-7-5-8-14-32)45(57)55-26-12-18-40(55)44(56)49-35-23-24-36-34(27-35)28-37(50-36)30-19-21-31(22-20-30)38-29-48-43(51-38)39-17-11-25-54(39)46(58)42(53(2)3)33-15-9-6-10-16-33/h5-10,13-16,19-24,27-29,39-42,50H,4,11-12,17-18,25-26H2,1-3H3,(H,48,51)(H,49,56)(H,52,59)/t39-,40-,41+,42+/m0/s1. The van der Waals surface area contributed by atoms with Crippen LogP contribution in [0.5, 0.6) is 0 Å². The number of carbonyl (C=O) groups is 4. The fraction of sp³-hybridized carbons (Fsp3) is 0.298. The second-order valence-electron chi connectivity index (χ2n) is 15.6. The molecule has 0 unspecified atom stereocenters. The van der Waals surface area contributed by atoms with Gasteiger partial charge in [-0.25, -0.2) is 9.78 Å². The fourth-order valence-electron chi connectivity index (χ4n) is 8.53. The quantitative estimate of drug-likeness (QED) is 0.0993. The van der Waals surface area contributed by atoms with E-state index in [-0.39, 0.29) is 36.4 Å². The molecule has 4 N–H and O–H groups in total. The summed E-state index contributed by atoms with van der Waals surface area (Å²) in [7, 11) is 3.88. The molecule has 6 aromatic rings. The molecule has 4 heterocycles. The molecule has 60 heavy (non-hydrogen) atoms. The van der Waals surface area contributed by atoms with Gasteiger partial charge < -0.3 is 35.1 Å². The summed E-state index contributed by atoms with van der Waals surface area (Å²) < 4.78 is 5.08. The molecule has 0 aliphatic carbocycles. The number of amides is 4. The van der Waals surface area contributed by atoms with E-state index < -0.39 is 18.2 Å². The molecule has 0 bridgehead atoms. The predicted molar refractivity (Wildman–Crippen MR) is 231 cm³/mol. The first-order valence-electron chi connectivity index (χ1n) is 20.6. The third kappa shape index (κ3) is 8.39. The second-order valence-corrected chi connectivity index (χ2v) is 15.6. The van der Waals surface area contributed by atoms with Crippen molar-refractivity contribution in [1.29, 1.82) is 0 Å². The molecule has 2 fully saturated rings. The number of ether oxygens (including phenoxy) is 1. The van der Waals surface area contributed by atoms with Crippen LogP contribution >= 0.6 is 0 Å². The van der Waals surface area contributed by atoms with Gasteiger partial charge in [-0.05, 0) is 93.2 Å². The predicted octanol–water partition coefficient (Wildman–Crippen LogP) is 7.61. The summed E-state index contributed by atoms with van der Waals surface area (Å²) in [6.45, 7) is 2.96. The third-order valence-corrected chi connectivity index (χ3v) is 11.5. The van der Waals surface area contributed by atoms with Gasteiger partial charge in [0.05, 0.1) is 24.5 Å². The number of hydrogen-bond acceptors (Lipinski definition) is 7. The summed E-state index contributed by atoms with van der Waals surface area (Å²) in [6, 6.07) is 32.7. The minimum Gasteiger partial charge on any atom is -0.450 e. The van der Waals surface area contributed by atoms with Crippen LogP contribution in [0.2, 0.25) is 0 Å². The van der Waals surface area contributed by atoms with Gasteiger partial charge in [0, 0.05) is 35.4 Å². The molecule has 308 valence electrons. The van der Waals surface area contributed by atoms with Crippen molar-refractivity contribution in [3.05, 3.63) is 132 Å². The molecule has 4 amide bonds. The van der Waals surface area contributed by atoms with Gasteiger partial charge in [0.1, 0.15) is 23.9 Å². The van der Waals surface area contributed by atoms with E-state index in [9.17, 15) is 19.2 Å². The van der Waals surface area contributed by atoms with Gasteiger partial charge in [-0.1, -0.05) is 84.9 Å². The van der Waals surface area contributed by atoms with Crippen LogP contribution in [0.25, 0.3) is 33.4 Å². The van der Waals surface area contributed by atoms with E-state index >= 15 is 0 Å². The molecule has 2 aliphatic rings. The first kappa shape index (κ1) is 40.1. The van der Waals surface area contributed by atoms with Crippen LogP contribution in [0.3, 0.4) is 0 Å². The first-order valence-corrected chi connectivity index (χ1v) is 20.6. The number of alkyl carbamates (subject to hydrolysis) is 1. The molecule has 4 atom stereocenters. The van der Waals surface area contributed by atoms with E-state index in [1.807, 2.05) is 90.8 Å². The highest BCUT2D eigenvalue weighted by Crippen LogP contribution is 2.36. The van der Waals surface area contributed by atoms with Crippen molar-refractivity contribution in [3.8, 4) is 22.5 Å². The van der Waals surface area contributed by atoms with Crippen LogP contribution in [0.15, 0.2) is 115 Å². The van der Waals surface area contributed by atoms with E-state index in [0.717, 1.165) is 57.6 Å². The number of aromatic nitrogens is 3. The van der Waals surface area contributed by atoms with Crippen LogP contribution in [0.4, 0.5) is 10.5 Å². The maximum absolute atomic E-state index is 13.9. The van der Waals surface area contributed by atoms with Crippen LogP contribution in [-0.4, -0.2) is 93.3 Å². The average molecular weight is 807 g/mol. The number of fused-ring (bicyclic) bond motifs is 1. The van der Waals surface area contributed by atoms with Gasteiger partial charge >= 0.3 is 6.09 Å². The van der Waals surface area contributed by atoms with Crippen molar-refractivity contribution in [2.24, 2.45) is 0 Å². The minimum atomic E-state index is -0.985. The van der Waals surface area contributed by atoms with Gasteiger partial charge in [-0.2, -0.15) is 0 Å². The Morgan fingerprint density at radius 1 is 0.783 bits per heavy atom. The van der Waals surface area contributed by atoms with Crippen LogP contribution < -0.4 is 10.6 Å². The number of likely N-dealkylation sites (tertiary alicyclic amines) is 2. The highest BCUT2D eigenvalue weighted by molar-refractivity contribution is 6.00. The van der Waals surface area contributed by atoms with E-state index in [4.69, 9.17) is 9.72 Å². The maximum atomic E-state index is 13.9. The molecule has 13 nitrogen and oxygen atoms in total. The van der Waals surface area contributed by atoms with Gasteiger partial charge in [0.2, 0.25) is 11.8 Å². The molecular weight excluding hydrogens is 757 g/mol. The number of nitrogens with zero attached hydrogens (tertiary/aromatic N) is 4. The SMILES string of the molecule is CCOC(=O)N[C@@H](C(=O)N1CCC[C@H]1C(=O)Nc1ccc2[nH]c(-c3ccc(-c4cnc([C@@H]5CCCN5C(=O)[C@@H](c5ccccc5)N(C)C)[nH]4)cc3)cc2c1)c1ccccc1. The zero-order chi connectivity index (χ0) is 41.8. The van der Waals surface area contributed by atoms with Crippen molar-refractivity contribution < 1.29 is 23.9 Å². The van der Waals surface area contributed by atoms with Crippen molar-refractivity contribution in [3.63, 3.8) is 0 Å². The summed E-state index contributed by atoms with van der Waals surface area (Å²) in [5, 5.41) is 6.64. The highest BCUT2D eigenvalue weighted by Gasteiger charge is 2.39. The Bertz CT molecular complexity index is 2460. The molecule has 2 aromatic heterocycles. The van der Waals surface area contributed by atoms with Crippen LogP contribution in [-0.2, 0) is 19.1 Å². The van der Waals surface area contributed by atoms with Gasteiger partial charge in [0.25, 0.3) is 5.91 Å². The summed E-state index contributed by atoms with van der Waals surface area (Å²) in [5.41, 5.74) is 6.90. The van der Waals surface area contributed by atoms with Gasteiger partial charge in [-0.3, -0.25) is 19.3 Å². The summed E-state index contributed by atoms with van der Waals surface area (Å²) in [4.78, 5) is 71.2. The van der Waals surface area contributed by atoms with E-state index in [0.29, 0.717) is 37.2 Å². The Balaban J connectivity index is 0.930. The number of H-pyrrole nitrogens is 2. The lowest BCUT2D eigenvalue weighted by Crippen LogP contribution is -2.48. The van der Waals surface area contributed by atoms with E-state index in [1.165, 1.54) is 0 Å². The molecule has 0 saturated carbocycles.